The fraction of sp³-hybridized carbons (Fsp3) is 0.333. The van der Waals surface area contributed by atoms with Crippen molar-refractivity contribution in [1.29, 1.82) is 0 Å². The van der Waals surface area contributed by atoms with E-state index in [0.29, 0.717) is 6.61 Å². The number of rotatable bonds is 2. The highest BCUT2D eigenvalue weighted by Crippen LogP contribution is 2.27. The first kappa shape index (κ1) is 9.13. The monoisotopic (exact) mass is 189 g/mol. The van der Waals surface area contributed by atoms with Crippen molar-refractivity contribution in [3.8, 4) is 5.75 Å². The van der Waals surface area contributed by atoms with Crippen LogP contribution in [0.3, 0.4) is 0 Å². The number of aromatic nitrogens is 1. The first-order valence-corrected chi connectivity index (χ1v) is 4.92. The van der Waals surface area contributed by atoms with E-state index in [1.807, 2.05) is 19.1 Å². The van der Waals surface area contributed by atoms with Crippen LogP contribution in [0.15, 0.2) is 24.3 Å². The van der Waals surface area contributed by atoms with Gasteiger partial charge in [0.05, 0.1) is 12.1 Å². The van der Waals surface area contributed by atoms with E-state index in [2.05, 4.69) is 30.7 Å². The first-order valence-electron chi connectivity index (χ1n) is 4.92. The molecule has 74 valence electrons. The fourth-order valence-corrected chi connectivity index (χ4v) is 1.75. The molecule has 0 bridgehead atoms. The summed E-state index contributed by atoms with van der Waals surface area (Å²) in [5.41, 5.74) is 2.49. The molecule has 0 aliphatic heterocycles. The molecule has 1 aromatic carbocycles. The SMILES string of the molecule is CCOc1cccc2c1cc(C)n2C. The zero-order chi connectivity index (χ0) is 10.1. The third-order valence-electron chi connectivity index (χ3n) is 2.59. The first-order chi connectivity index (χ1) is 6.74. The van der Waals surface area contributed by atoms with Gasteiger partial charge in [0.15, 0.2) is 0 Å². The minimum Gasteiger partial charge on any atom is -0.493 e. The summed E-state index contributed by atoms with van der Waals surface area (Å²) in [6, 6.07) is 8.34. The summed E-state index contributed by atoms with van der Waals surface area (Å²) >= 11 is 0. The number of fused-ring (bicyclic) bond motifs is 1. The van der Waals surface area contributed by atoms with Gasteiger partial charge in [-0.05, 0) is 32.0 Å². The lowest BCUT2D eigenvalue weighted by Gasteiger charge is -2.04. The van der Waals surface area contributed by atoms with E-state index in [4.69, 9.17) is 4.74 Å². The number of ether oxygens (including phenoxy) is 1. The Morgan fingerprint density at radius 2 is 2.14 bits per heavy atom. The minimum absolute atomic E-state index is 0.715. The third-order valence-corrected chi connectivity index (χ3v) is 2.59. The van der Waals surface area contributed by atoms with Gasteiger partial charge < -0.3 is 9.30 Å². The standard InChI is InChI=1S/C12H15NO/c1-4-14-12-7-5-6-11-10(12)8-9(2)13(11)3/h5-8H,4H2,1-3H3. The molecule has 14 heavy (non-hydrogen) atoms. The lowest BCUT2D eigenvalue weighted by Crippen LogP contribution is -1.92. The molecule has 0 N–H and O–H groups in total. The van der Waals surface area contributed by atoms with E-state index >= 15 is 0 Å². The Bertz CT molecular complexity index is 457. The van der Waals surface area contributed by atoms with Crippen molar-refractivity contribution in [2.45, 2.75) is 13.8 Å². The van der Waals surface area contributed by atoms with Crippen LogP contribution in [0.1, 0.15) is 12.6 Å². The van der Waals surface area contributed by atoms with Gasteiger partial charge in [0.2, 0.25) is 0 Å². The smallest absolute Gasteiger partial charge is 0.128 e. The van der Waals surface area contributed by atoms with Crippen LogP contribution in [0.2, 0.25) is 0 Å². The van der Waals surface area contributed by atoms with Crippen LogP contribution in [0.4, 0.5) is 0 Å². The van der Waals surface area contributed by atoms with Gasteiger partial charge in [0, 0.05) is 18.1 Å². The summed E-state index contributed by atoms with van der Waals surface area (Å²) < 4.78 is 7.75. The Hall–Kier alpha value is -1.44. The van der Waals surface area contributed by atoms with Crippen LogP contribution in [0.5, 0.6) is 5.75 Å². The lowest BCUT2D eigenvalue weighted by molar-refractivity contribution is 0.344. The van der Waals surface area contributed by atoms with Crippen LogP contribution in [0.25, 0.3) is 10.9 Å². The van der Waals surface area contributed by atoms with Gasteiger partial charge in [0.25, 0.3) is 0 Å². The second kappa shape index (κ2) is 3.37. The van der Waals surface area contributed by atoms with Gasteiger partial charge in [-0.2, -0.15) is 0 Å². The molecular formula is C12H15NO. The summed E-state index contributed by atoms with van der Waals surface area (Å²) in [5.74, 6) is 0.980. The molecule has 0 unspecified atom stereocenters. The molecule has 2 aromatic rings. The Balaban J connectivity index is 2.68. The molecule has 0 saturated heterocycles. The summed E-state index contributed by atoms with van der Waals surface area (Å²) in [5, 5.41) is 1.20. The fourth-order valence-electron chi connectivity index (χ4n) is 1.75. The van der Waals surface area contributed by atoms with Gasteiger partial charge >= 0.3 is 0 Å². The maximum atomic E-state index is 5.57. The molecule has 0 atom stereocenters. The Morgan fingerprint density at radius 3 is 2.86 bits per heavy atom. The van der Waals surface area contributed by atoms with Gasteiger partial charge in [-0.3, -0.25) is 0 Å². The average molecular weight is 189 g/mol. The zero-order valence-electron chi connectivity index (χ0n) is 8.87. The molecule has 0 saturated carbocycles. The highest BCUT2D eigenvalue weighted by atomic mass is 16.5. The van der Waals surface area contributed by atoms with E-state index in [9.17, 15) is 0 Å². The van der Waals surface area contributed by atoms with Crippen LogP contribution >= 0.6 is 0 Å². The quantitative estimate of drug-likeness (QED) is 0.708. The predicted octanol–water partition coefficient (Wildman–Crippen LogP) is 2.89. The van der Waals surface area contributed by atoms with Crippen LogP contribution in [-0.2, 0) is 7.05 Å². The summed E-state index contributed by atoms with van der Waals surface area (Å²) in [7, 11) is 2.08. The highest BCUT2D eigenvalue weighted by Gasteiger charge is 2.06. The summed E-state index contributed by atoms with van der Waals surface area (Å²) in [6.45, 7) is 4.83. The molecule has 0 fully saturated rings. The van der Waals surface area contributed by atoms with Crippen molar-refractivity contribution in [2.24, 2.45) is 7.05 Å². The predicted molar refractivity (Wildman–Crippen MR) is 58.8 cm³/mol. The molecule has 1 heterocycles. The van der Waals surface area contributed by atoms with E-state index in [-0.39, 0.29) is 0 Å². The third kappa shape index (κ3) is 1.27. The van der Waals surface area contributed by atoms with E-state index in [1.165, 1.54) is 16.6 Å². The average Bonchev–Trinajstić information content (AvgIpc) is 2.46. The summed E-state index contributed by atoms with van der Waals surface area (Å²) in [6.07, 6.45) is 0. The molecule has 0 spiro atoms. The van der Waals surface area contributed by atoms with Gasteiger partial charge in [0.1, 0.15) is 5.75 Å². The van der Waals surface area contributed by atoms with E-state index in [0.717, 1.165) is 5.75 Å². The summed E-state index contributed by atoms with van der Waals surface area (Å²) in [4.78, 5) is 0. The van der Waals surface area contributed by atoms with Crippen molar-refractivity contribution in [1.82, 2.24) is 4.57 Å². The van der Waals surface area contributed by atoms with Crippen molar-refractivity contribution in [3.63, 3.8) is 0 Å². The maximum absolute atomic E-state index is 5.57. The Morgan fingerprint density at radius 1 is 1.36 bits per heavy atom. The molecular weight excluding hydrogens is 174 g/mol. The minimum atomic E-state index is 0.715. The van der Waals surface area contributed by atoms with Gasteiger partial charge in [-0.15, -0.1) is 0 Å². The van der Waals surface area contributed by atoms with E-state index in [1.54, 1.807) is 0 Å². The molecule has 2 nitrogen and oxygen atoms in total. The van der Waals surface area contributed by atoms with Crippen LogP contribution < -0.4 is 4.74 Å². The Labute approximate surface area is 84.1 Å². The molecule has 0 radical (unpaired) electrons. The molecule has 2 heteroatoms. The van der Waals surface area contributed by atoms with Gasteiger partial charge in [-0.25, -0.2) is 0 Å². The molecule has 2 rings (SSSR count). The van der Waals surface area contributed by atoms with Crippen molar-refractivity contribution >= 4 is 10.9 Å². The molecule has 1 aromatic heterocycles. The molecule has 0 aliphatic carbocycles. The highest BCUT2D eigenvalue weighted by molar-refractivity contribution is 5.87. The number of hydrogen-bond acceptors (Lipinski definition) is 1. The zero-order valence-corrected chi connectivity index (χ0v) is 8.87. The van der Waals surface area contributed by atoms with Gasteiger partial charge in [-0.1, -0.05) is 6.07 Å². The largest absolute Gasteiger partial charge is 0.493 e. The lowest BCUT2D eigenvalue weighted by atomic mass is 10.2. The maximum Gasteiger partial charge on any atom is 0.128 e. The van der Waals surface area contributed by atoms with E-state index < -0.39 is 0 Å². The van der Waals surface area contributed by atoms with Crippen LogP contribution in [0, 0.1) is 6.92 Å². The van der Waals surface area contributed by atoms with Crippen molar-refractivity contribution < 1.29 is 4.74 Å². The number of nitrogens with zero attached hydrogens (tertiary/aromatic N) is 1. The number of benzene rings is 1. The number of aryl methyl sites for hydroxylation is 2. The topological polar surface area (TPSA) is 14.2 Å². The normalized spacial score (nSPS) is 10.8. The van der Waals surface area contributed by atoms with Crippen LogP contribution in [-0.4, -0.2) is 11.2 Å². The molecule has 0 aliphatic rings. The van der Waals surface area contributed by atoms with Crippen molar-refractivity contribution in [2.75, 3.05) is 6.61 Å². The number of hydrogen-bond donors (Lipinski definition) is 0. The van der Waals surface area contributed by atoms with Crippen molar-refractivity contribution in [3.05, 3.63) is 30.0 Å². The molecule has 0 amide bonds. The second-order valence-corrected chi connectivity index (χ2v) is 3.47. The Kier molecular flexibility index (Phi) is 2.20. The second-order valence-electron chi connectivity index (χ2n) is 3.47.